The SMILES string of the molecule is C/C(=N\NC(=O)CCc1c(C)n[nH]c1C)c1ccccc1O. The van der Waals surface area contributed by atoms with E-state index in [1.165, 1.54) is 0 Å². The molecule has 0 aliphatic rings. The van der Waals surface area contributed by atoms with Crippen LogP contribution in [0.25, 0.3) is 0 Å². The van der Waals surface area contributed by atoms with Gasteiger partial charge in [0.2, 0.25) is 5.91 Å². The molecule has 0 spiro atoms. The summed E-state index contributed by atoms with van der Waals surface area (Å²) in [6.45, 7) is 5.59. The second kappa shape index (κ2) is 6.89. The molecule has 0 bridgehead atoms. The maximum absolute atomic E-state index is 11.9. The second-order valence-corrected chi connectivity index (χ2v) is 5.16. The summed E-state index contributed by atoms with van der Waals surface area (Å²) in [6.07, 6.45) is 0.948. The molecule has 2 rings (SSSR count). The number of phenols is 1. The number of H-pyrrole nitrogens is 1. The molecule has 1 aromatic heterocycles. The second-order valence-electron chi connectivity index (χ2n) is 5.16. The highest BCUT2D eigenvalue weighted by Crippen LogP contribution is 2.16. The number of nitrogens with one attached hydrogen (secondary N) is 2. The van der Waals surface area contributed by atoms with Crippen LogP contribution in [0.3, 0.4) is 0 Å². The predicted molar refractivity (Wildman–Crippen MR) is 84.8 cm³/mol. The first-order chi connectivity index (χ1) is 10.5. The molecule has 0 radical (unpaired) electrons. The van der Waals surface area contributed by atoms with E-state index in [2.05, 4.69) is 20.7 Å². The Morgan fingerprint density at radius 1 is 1.36 bits per heavy atom. The summed E-state index contributed by atoms with van der Waals surface area (Å²) in [5.41, 5.74) is 6.64. The van der Waals surface area contributed by atoms with Crippen LogP contribution < -0.4 is 5.43 Å². The molecule has 22 heavy (non-hydrogen) atoms. The van der Waals surface area contributed by atoms with Gasteiger partial charge in [-0.1, -0.05) is 12.1 Å². The minimum atomic E-state index is -0.172. The molecule has 2 aromatic rings. The van der Waals surface area contributed by atoms with Crippen molar-refractivity contribution < 1.29 is 9.90 Å². The fourth-order valence-corrected chi connectivity index (χ4v) is 2.22. The minimum absolute atomic E-state index is 0.141. The van der Waals surface area contributed by atoms with E-state index >= 15 is 0 Å². The van der Waals surface area contributed by atoms with E-state index < -0.39 is 0 Å². The van der Waals surface area contributed by atoms with Crippen LogP contribution in [0.2, 0.25) is 0 Å². The van der Waals surface area contributed by atoms with Gasteiger partial charge in [0, 0.05) is 17.7 Å². The van der Waals surface area contributed by atoms with Gasteiger partial charge in [0.1, 0.15) is 5.75 Å². The van der Waals surface area contributed by atoms with Crippen molar-refractivity contribution in [2.24, 2.45) is 5.10 Å². The zero-order valence-corrected chi connectivity index (χ0v) is 13.0. The van der Waals surface area contributed by atoms with Crippen LogP contribution >= 0.6 is 0 Å². The summed E-state index contributed by atoms with van der Waals surface area (Å²) in [5.74, 6) is -0.0302. The maximum Gasteiger partial charge on any atom is 0.240 e. The van der Waals surface area contributed by atoms with E-state index in [9.17, 15) is 9.90 Å². The number of phenolic OH excluding ortho intramolecular Hbond substituents is 1. The average Bonchev–Trinajstić information content (AvgIpc) is 2.82. The van der Waals surface area contributed by atoms with Crippen LogP contribution in [0.1, 0.15) is 35.9 Å². The van der Waals surface area contributed by atoms with Gasteiger partial charge in [-0.3, -0.25) is 9.89 Å². The number of rotatable bonds is 5. The number of carbonyl (C=O) groups excluding carboxylic acids is 1. The van der Waals surface area contributed by atoms with Gasteiger partial charge in [-0.05, 0) is 44.9 Å². The smallest absolute Gasteiger partial charge is 0.240 e. The number of hydrogen-bond acceptors (Lipinski definition) is 4. The number of benzene rings is 1. The number of aromatic amines is 1. The van der Waals surface area contributed by atoms with Gasteiger partial charge in [-0.25, -0.2) is 5.43 Å². The van der Waals surface area contributed by atoms with Crippen molar-refractivity contribution in [2.45, 2.75) is 33.6 Å². The number of carbonyl (C=O) groups is 1. The van der Waals surface area contributed by atoms with Crippen molar-refractivity contribution in [1.29, 1.82) is 0 Å². The molecule has 0 atom stereocenters. The molecule has 0 saturated carbocycles. The minimum Gasteiger partial charge on any atom is -0.507 e. The normalized spacial score (nSPS) is 11.5. The molecule has 0 aliphatic heterocycles. The Hall–Kier alpha value is -2.63. The van der Waals surface area contributed by atoms with Crippen LogP contribution in [0.15, 0.2) is 29.4 Å². The molecule has 0 fully saturated rings. The molecular weight excluding hydrogens is 280 g/mol. The first-order valence-corrected chi connectivity index (χ1v) is 7.11. The van der Waals surface area contributed by atoms with E-state index in [1.807, 2.05) is 13.8 Å². The first kappa shape index (κ1) is 15.8. The molecule has 3 N–H and O–H groups in total. The lowest BCUT2D eigenvalue weighted by molar-refractivity contribution is -0.121. The molecule has 116 valence electrons. The lowest BCUT2D eigenvalue weighted by Crippen LogP contribution is -2.19. The van der Waals surface area contributed by atoms with E-state index in [0.29, 0.717) is 24.1 Å². The van der Waals surface area contributed by atoms with E-state index in [4.69, 9.17) is 0 Å². The van der Waals surface area contributed by atoms with Gasteiger partial charge in [0.15, 0.2) is 0 Å². The third-order valence-corrected chi connectivity index (χ3v) is 3.52. The third kappa shape index (κ3) is 3.72. The van der Waals surface area contributed by atoms with Crippen LogP contribution in [-0.2, 0) is 11.2 Å². The number of nitrogens with zero attached hydrogens (tertiary/aromatic N) is 2. The Morgan fingerprint density at radius 2 is 2.09 bits per heavy atom. The quantitative estimate of drug-likeness (QED) is 0.584. The van der Waals surface area contributed by atoms with Crippen LogP contribution in [0.4, 0.5) is 0 Å². The third-order valence-electron chi connectivity index (χ3n) is 3.52. The highest BCUT2D eigenvalue weighted by molar-refractivity contribution is 6.01. The summed E-state index contributed by atoms with van der Waals surface area (Å²) in [6, 6.07) is 6.87. The fraction of sp³-hybridized carbons (Fsp3) is 0.312. The molecule has 0 saturated heterocycles. The monoisotopic (exact) mass is 300 g/mol. The van der Waals surface area contributed by atoms with E-state index in [0.717, 1.165) is 17.0 Å². The average molecular weight is 300 g/mol. The predicted octanol–water partition coefficient (Wildman–Crippen LogP) is 2.21. The standard InChI is InChI=1S/C16H20N4O2/c1-10-13(11(2)18-17-10)8-9-16(22)20-19-12(3)14-6-4-5-7-15(14)21/h4-7,21H,8-9H2,1-3H3,(H,17,18)(H,20,22)/b19-12+. The number of hydrogen-bond donors (Lipinski definition) is 3. The van der Waals surface area contributed by atoms with Crippen molar-refractivity contribution >= 4 is 11.6 Å². The summed E-state index contributed by atoms with van der Waals surface area (Å²) in [7, 11) is 0. The number of amides is 1. The summed E-state index contributed by atoms with van der Waals surface area (Å²) < 4.78 is 0. The van der Waals surface area contributed by atoms with Gasteiger partial charge >= 0.3 is 0 Å². The molecule has 1 aromatic carbocycles. The number of hydrazone groups is 1. The van der Waals surface area contributed by atoms with Crippen molar-refractivity contribution in [3.63, 3.8) is 0 Å². The Kier molecular flexibility index (Phi) is 4.93. The molecular formula is C16H20N4O2. The van der Waals surface area contributed by atoms with Crippen molar-refractivity contribution in [2.75, 3.05) is 0 Å². The maximum atomic E-state index is 11.9. The molecule has 1 heterocycles. The molecule has 0 aliphatic carbocycles. The largest absolute Gasteiger partial charge is 0.507 e. The van der Waals surface area contributed by atoms with Crippen molar-refractivity contribution in [3.05, 3.63) is 46.8 Å². The Balaban J connectivity index is 1.93. The molecule has 6 heteroatoms. The van der Waals surface area contributed by atoms with Crippen molar-refractivity contribution in [1.82, 2.24) is 15.6 Å². The van der Waals surface area contributed by atoms with Crippen LogP contribution in [0.5, 0.6) is 5.75 Å². The molecule has 6 nitrogen and oxygen atoms in total. The van der Waals surface area contributed by atoms with Crippen LogP contribution in [-0.4, -0.2) is 26.9 Å². The Morgan fingerprint density at radius 3 is 2.73 bits per heavy atom. The van der Waals surface area contributed by atoms with Crippen molar-refractivity contribution in [3.8, 4) is 5.75 Å². The highest BCUT2D eigenvalue weighted by atomic mass is 16.3. The zero-order chi connectivity index (χ0) is 16.1. The Labute approximate surface area is 129 Å². The summed E-state index contributed by atoms with van der Waals surface area (Å²) in [5, 5.41) is 20.8. The fourth-order valence-electron chi connectivity index (χ4n) is 2.22. The topological polar surface area (TPSA) is 90.4 Å². The molecule has 1 amide bonds. The van der Waals surface area contributed by atoms with Gasteiger partial charge in [0.05, 0.1) is 11.4 Å². The zero-order valence-electron chi connectivity index (χ0n) is 13.0. The lowest BCUT2D eigenvalue weighted by atomic mass is 10.1. The number of aryl methyl sites for hydroxylation is 2. The van der Waals surface area contributed by atoms with Gasteiger partial charge < -0.3 is 5.11 Å². The number of aromatic hydroxyl groups is 1. The number of para-hydroxylation sites is 1. The summed E-state index contributed by atoms with van der Waals surface area (Å²) in [4.78, 5) is 11.9. The lowest BCUT2D eigenvalue weighted by Gasteiger charge is -2.05. The van der Waals surface area contributed by atoms with E-state index in [-0.39, 0.29) is 11.7 Å². The van der Waals surface area contributed by atoms with Gasteiger partial charge in [-0.2, -0.15) is 10.2 Å². The number of aromatic nitrogens is 2. The summed E-state index contributed by atoms with van der Waals surface area (Å²) >= 11 is 0. The van der Waals surface area contributed by atoms with E-state index in [1.54, 1.807) is 31.2 Å². The Bertz CT molecular complexity index is 684. The van der Waals surface area contributed by atoms with Crippen LogP contribution in [0, 0.1) is 13.8 Å². The first-order valence-electron chi connectivity index (χ1n) is 7.11. The van der Waals surface area contributed by atoms with Gasteiger partial charge in [0.25, 0.3) is 0 Å². The highest BCUT2D eigenvalue weighted by Gasteiger charge is 2.09. The van der Waals surface area contributed by atoms with Gasteiger partial charge in [-0.15, -0.1) is 0 Å². The molecule has 0 unspecified atom stereocenters.